The maximum Gasteiger partial charge on any atom is 0.224 e. The zero-order valence-electron chi connectivity index (χ0n) is 12.7. The third-order valence-electron chi connectivity index (χ3n) is 3.21. The Hall–Kier alpha value is -2.87. The molecular weight excluding hydrogens is 276 g/mol. The number of nitrogens with zero attached hydrogens (tertiary/aromatic N) is 3. The van der Waals surface area contributed by atoms with Gasteiger partial charge < -0.3 is 10.2 Å². The summed E-state index contributed by atoms with van der Waals surface area (Å²) in [6, 6.07) is 13.0. The van der Waals surface area contributed by atoms with Gasteiger partial charge in [0.05, 0.1) is 23.5 Å². The quantitative estimate of drug-likeness (QED) is 0.920. The number of carbonyl (C=O) groups is 1. The Bertz CT molecular complexity index is 669. The van der Waals surface area contributed by atoms with E-state index in [-0.39, 0.29) is 5.91 Å². The predicted octanol–water partition coefficient (Wildman–Crippen LogP) is 2.59. The highest BCUT2D eigenvalue weighted by Crippen LogP contribution is 2.12. The van der Waals surface area contributed by atoms with Gasteiger partial charge in [-0.3, -0.25) is 4.79 Å². The number of amides is 1. The van der Waals surface area contributed by atoms with Crippen molar-refractivity contribution in [2.45, 2.75) is 12.8 Å². The SMILES string of the molecule is CN(C)c1ccc(NC(=O)CCc2ccc(C#N)cc2)cn1. The van der Waals surface area contributed by atoms with Crippen molar-refractivity contribution in [1.82, 2.24) is 4.98 Å². The second-order valence-corrected chi connectivity index (χ2v) is 5.16. The Labute approximate surface area is 130 Å². The molecule has 0 aliphatic carbocycles. The number of anilines is 2. The molecule has 0 fully saturated rings. The standard InChI is InChI=1S/C17H18N4O/c1-21(2)16-9-8-15(12-19-16)20-17(22)10-7-13-3-5-14(11-18)6-4-13/h3-6,8-9,12H,7,10H2,1-2H3,(H,20,22). The third kappa shape index (κ3) is 4.32. The predicted molar refractivity (Wildman–Crippen MR) is 86.7 cm³/mol. The van der Waals surface area contributed by atoms with Crippen LogP contribution in [0.4, 0.5) is 11.5 Å². The molecular formula is C17H18N4O. The molecule has 0 saturated heterocycles. The molecule has 1 aromatic carbocycles. The Morgan fingerprint density at radius 1 is 1.23 bits per heavy atom. The fraction of sp³-hybridized carbons (Fsp3) is 0.235. The highest BCUT2D eigenvalue weighted by atomic mass is 16.1. The molecule has 22 heavy (non-hydrogen) atoms. The van der Waals surface area contributed by atoms with Crippen LogP contribution in [0.25, 0.3) is 0 Å². The van der Waals surface area contributed by atoms with Crippen molar-refractivity contribution in [1.29, 1.82) is 5.26 Å². The molecule has 0 spiro atoms. The first-order valence-electron chi connectivity index (χ1n) is 7.01. The molecule has 0 aliphatic heterocycles. The maximum atomic E-state index is 11.9. The summed E-state index contributed by atoms with van der Waals surface area (Å²) < 4.78 is 0. The smallest absolute Gasteiger partial charge is 0.224 e. The molecule has 2 aromatic rings. The topological polar surface area (TPSA) is 69.0 Å². The molecule has 0 bridgehead atoms. The van der Waals surface area contributed by atoms with E-state index in [9.17, 15) is 4.79 Å². The summed E-state index contributed by atoms with van der Waals surface area (Å²) in [5.41, 5.74) is 2.35. The number of carbonyl (C=O) groups excluding carboxylic acids is 1. The van der Waals surface area contributed by atoms with E-state index in [1.165, 1.54) is 0 Å². The van der Waals surface area contributed by atoms with Crippen LogP contribution in [0.1, 0.15) is 17.5 Å². The van der Waals surface area contributed by atoms with E-state index >= 15 is 0 Å². The fourth-order valence-corrected chi connectivity index (χ4v) is 1.95. The first kappa shape index (κ1) is 15.5. The lowest BCUT2D eigenvalue weighted by atomic mass is 10.1. The Balaban J connectivity index is 1.85. The zero-order chi connectivity index (χ0) is 15.9. The van der Waals surface area contributed by atoms with E-state index in [4.69, 9.17) is 5.26 Å². The minimum atomic E-state index is -0.0521. The number of nitriles is 1. The fourth-order valence-electron chi connectivity index (χ4n) is 1.95. The number of pyridine rings is 1. The van der Waals surface area contributed by atoms with Gasteiger partial charge in [0, 0.05) is 20.5 Å². The van der Waals surface area contributed by atoms with Crippen LogP contribution in [0.3, 0.4) is 0 Å². The number of rotatable bonds is 5. The second kappa shape index (κ2) is 7.23. The summed E-state index contributed by atoms with van der Waals surface area (Å²) in [5, 5.41) is 11.6. The Morgan fingerprint density at radius 3 is 2.50 bits per heavy atom. The lowest BCUT2D eigenvalue weighted by Gasteiger charge is -2.11. The second-order valence-electron chi connectivity index (χ2n) is 5.16. The minimum absolute atomic E-state index is 0.0521. The summed E-state index contributed by atoms with van der Waals surface area (Å²) in [6.45, 7) is 0. The van der Waals surface area contributed by atoms with E-state index in [1.807, 2.05) is 43.3 Å². The molecule has 0 unspecified atom stereocenters. The van der Waals surface area contributed by atoms with Crippen LogP contribution in [0.5, 0.6) is 0 Å². The minimum Gasteiger partial charge on any atom is -0.363 e. The summed E-state index contributed by atoms with van der Waals surface area (Å²) in [4.78, 5) is 18.1. The number of aryl methyl sites for hydroxylation is 1. The number of aromatic nitrogens is 1. The van der Waals surface area contributed by atoms with Crippen molar-refractivity contribution in [3.05, 3.63) is 53.7 Å². The van der Waals surface area contributed by atoms with Gasteiger partial charge >= 0.3 is 0 Å². The summed E-state index contributed by atoms with van der Waals surface area (Å²) in [6.07, 6.45) is 2.68. The lowest BCUT2D eigenvalue weighted by molar-refractivity contribution is -0.116. The molecule has 0 radical (unpaired) electrons. The number of nitrogens with one attached hydrogen (secondary N) is 1. The van der Waals surface area contributed by atoms with Crippen LogP contribution >= 0.6 is 0 Å². The molecule has 0 atom stereocenters. The van der Waals surface area contributed by atoms with E-state index in [0.717, 1.165) is 11.4 Å². The third-order valence-corrected chi connectivity index (χ3v) is 3.21. The van der Waals surface area contributed by atoms with Crippen LogP contribution in [0.15, 0.2) is 42.6 Å². The van der Waals surface area contributed by atoms with Crippen molar-refractivity contribution in [3.8, 4) is 6.07 Å². The van der Waals surface area contributed by atoms with Gasteiger partial charge in [0.1, 0.15) is 5.82 Å². The molecule has 1 amide bonds. The summed E-state index contributed by atoms with van der Waals surface area (Å²) in [5.74, 6) is 0.791. The Morgan fingerprint density at radius 2 is 1.95 bits per heavy atom. The van der Waals surface area contributed by atoms with Crippen LogP contribution in [-0.2, 0) is 11.2 Å². The monoisotopic (exact) mass is 294 g/mol. The molecule has 5 nitrogen and oxygen atoms in total. The number of benzene rings is 1. The van der Waals surface area contributed by atoms with Gasteiger partial charge in [-0.25, -0.2) is 4.98 Å². The molecule has 5 heteroatoms. The van der Waals surface area contributed by atoms with Crippen LogP contribution in [0.2, 0.25) is 0 Å². The maximum absolute atomic E-state index is 11.9. The molecule has 112 valence electrons. The summed E-state index contributed by atoms with van der Waals surface area (Å²) in [7, 11) is 3.83. The Kier molecular flexibility index (Phi) is 5.10. The average molecular weight is 294 g/mol. The molecule has 1 aromatic heterocycles. The van der Waals surface area contributed by atoms with Gasteiger partial charge in [0.25, 0.3) is 0 Å². The summed E-state index contributed by atoms with van der Waals surface area (Å²) >= 11 is 0. The molecule has 1 N–H and O–H groups in total. The van der Waals surface area contributed by atoms with Crippen molar-refractivity contribution in [3.63, 3.8) is 0 Å². The highest BCUT2D eigenvalue weighted by molar-refractivity contribution is 5.90. The van der Waals surface area contributed by atoms with Crippen LogP contribution < -0.4 is 10.2 Å². The van der Waals surface area contributed by atoms with Crippen molar-refractivity contribution < 1.29 is 4.79 Å². The lowest BCUT2D eigenvalue weighted by Crippen LogP contribution is -2.14. The van der Waals surface area contributed by atoms with Gasteiger partial charge in [-0.05, 0) is 36.2 Å². The number of hydrogen-bond donors (Lipinski definition) is 1. The van der Waals surface area contributed by atoms with Crippen LogP contribution in [0, 0.1) is 11.3 Å². The van der Waals surface area contributed by atoms with Crippen molar-refractivity contribution in [2.24, 2.45) is 0 Å². The molecule has 2 rings (SSSR count). The normalized spacial score (nSPS) is 9.86. The van der Waals surface area contributed by atoms with E-state index in [1.54, 1.807) is 18.3 Å². The first-order valence-corrected chi connectivity index (χ1v) is 7.01. The van der Waals surface area contributed by atoms with Crippen LogP contribution in [-0.4, -0.2) is 25.0 Å². The molecule has 0 aliphatic rings. The van der Waals surface area contributed by atoms with Gasteiger partial charge in [-0.1, -0.05) is 12.1 Å². The van der Waals surface area contributed by atoms with Crippen molar-refractivity contribution in [2.75, 3.05) is 24.3 Å². The highest BCUT2D eigenvalue weighted by Gasteiger charge is 2.04. The first-order chi connectivity index (χ1) is 10.6. The molecule has 1 heterocycles. The van der Waals surface area contributed by atoms with Gasteiger partial charge in [0.15, 0.2) is 0 Å². The van der Waals surface area contributed by atoms with E-state index < -0.39 is 0 Å². The van der Waals surface area contributed by atoms with E-state index in [0.29, 0.717) is 24.1 Å². The van der Waals surface area contributed by atoms with Gasteiger partial charge in [0.2, 0.25) is 5.91 Å². The van der Waals surface area contributed by atoms with E-state index in [2.05, 4.69) is 16.4 Å². The largest absolute Gasteiger partial charge is 0.363 e. The number of hydrogen-bond acceptors (Lipinski definition) is 4. The molecule has 0 saturated carbocycles. The average Bonchev–Trinajstić information content (AvgIpc) is 2.54. The zero-order valence-corrected chi connectivity index (χ0v) is 12.7. The van der Waals surface area contributed by atoms with Crippen molar-refractivity contribution >= 4 is 17.4 Å². The van der Waals surface area contributed by atoms with Gasteiger partial charge in [-0.15, -0.1) is 0 Å². The van der Waals surface area contributed by atoms with Gasteiger partial charge in [-0.2, -0.15) is 5.26 Å².